The number of methoxy groups -OCH3 is 1. The largest absolute Gasteiger partial charge is 0.493 e. The smallest absolute Gasteiger partial charge is 0.232 e. The Morgan fingerprint density at radius 3 is 2.24 bits per heavy atom. The molecule has 1 amide bonds. The summed E-state index contributed by atoms with van der Waals surface area (Å²) in [6.07, 6.45) is 9.70. The highest BCUT2D eigenvalue weighted by molar-refractivity contribution is 6.30. The third kappa shape index (κ3) is 7.12. The van der Waals surface area contributed by atoms with Gasteiger partial charge in [0.1, 0.15) is 0 Å². The number of likely N-dealkylation sites (tertiary alicyclic amines) is 1. The minimum absolute atomic E-state index is 0.0125. The van der Waals surface area contributed by atoms with Gasteiger partial charge in [-0.25, -0.2) is 0 Å². The Balaban J connectivity index is 1.22. The summed E-state index contributed by atoms with van der Waals surface area (Å²) in [5, 5.41) is 0.665. The fourth-order valence-electron chi connectivity index (χ4n) is 7.67. The van der Waals surface area contributed by atoms with Gasteiger partial charge in [-0.1, -0.05) is 30.2 Å². The Morgan fingerprint density at radius 2 is 1.60 bits per heavy atom. The van der Waals surface area contributed by atoms with E-state index in [2.05, 4.69) is 47.2 Å². The number of rotatable bonds is 9. The van der Waals surface area contributed by atoms with E-state index in [0.29, 0.717) is 22.9 Å². The van der Waals surface area contributed by atoms with Gasteiger partial charge in [-0.15, -0.1) is 0 Å². The Labute approximate surface area is 274 Å². The normalized spacial score (nSPS) is 22.3. The van der Waals surface area contributed by atoms with E-state index in [0.717, 1.165) is 40.9 Å². The summed E-state index contributed by atoms with van der Waals surface area (Å²) < 4.78 is 11.8. The fraction of sp³-hybridized carbons (Fsp3) is 0.500. The first-order valence-corrected chi connectivity index (χ1v) is 17.2. The van der Waals surface area contributed by atoms with E-state index in [1.165, 1.54) is 63.7 Å². The quantitative estimate of drug-likeness (QED) is 0.238. The van der Waals surface area contributed by atoms with Crippen LogP contribution in [0.2, 0.25) is 5.02 Å². The Hall–Kier alpha value is -3.22. The highest BCUT2D eigenvalue weighted by atomic mass is 35.5. The summed E-state index contributed by atoms with van der Waals surface area (Å²) in [6.45, 7) is 7.67. The number of halogens is 1. The lowest BCUT2D eigenvalue weighted by Crippen LogP contribution is -2.42. The second-order valence-corrected chi connectivity index (χ2v) is 13.9. The molecule has 1 aliphatic carbocycles. The van der Waals surface area contributed by atoms with Gasteiger partial charge in [-0.2, -0.15) is 0 Å². The highest BCUT2D eigenvalue weighted by Crippen LogP contribution is 2.44. The maximum atomic E-state index is 13.9. The average molecular weight is 630 g/mol. The summed E-state index contributed by atoms with van der Waals surface area (Å²) >= 11 is 6.29. The van der Waals surface area contributed by atoms with E-state index in [-0.39, 0.29) is 18.1 Å². The molecule has 2 fully saturated rings. The lowest BCUT2D eigenvalue weighted by Gasteiger charge is -2.40. The van der Waals surface area contributed by atoms with Crippen LogP contribution in [0.1, 0.15) is 81.5 Å². The topological polar surface area (TPSA) is 45.3 Å². The zero-order chi connectivity index (χ0) is 31.5. The number of amides is 1. The summed E-state index contributed by atoms with van der Waals surface area (Å²) in [6, 6.07) is 20.8. The number of hydrogen-bond donors (Lipinski definition) is 0. The molecule has 240 valence electrons. The van der Waals surface area contributed by atoms with Crippen molar-refractivity contribution in [2.24, 2.45) is 5.92 Å². The molecule has 2 aliphatic heterocycles. The summed E-state index contributed by atoms with van der Waals surface area (Å²) in [4.78, 5) is 21.0. The predicted octanol–water partition coefficient (Wildman–Crippen LogP) is 8.30. The van der Waals surface area contributed by atoms with E-state index < -0.39 is 0 Å². The van der Waals surface area contributed by atoms with Gasteiger partial charge in [0.25, 0.3) is 0 Å². The molecule has 7 heteroatoms. The predicted molar refractivity (Wildman–Crippen MR) is 184 cm³/mol. The lowest BCUT2D eigenvalue weighted by molar-refractivity contribution is -0.118. The molecule has 0 unspecified atom stereocenters. The Kier molecular flexibility index (Phi) is 9.91. The molecule has 1 saturated carbocycles. The van der Waals surface area contributed by atoms with Gasteiger partial charge in [0, 0.05) is 36.0 Å². The molecule has 6 rings (SSSR count). The van der Waals surface area contributed by atoms with E-state index in [9.17, 15) is 4.79 Å². The molecular weight excluding hydrogens is 582 g/mol. The molecule has 1 atom stereocenters. The molecule has 45 heavy (non-hydrogen) atoms. The van der Waals surface area contributed by atoms with Crippen LogP contribution < -0.4 is 19.3 Å². The highest BCUT2D eigenvalue weighted by Gasteiger charge is 2.36. The first kappa shape index (κ1) is 31.7. The number of benzene rings is 3. The standard InChI is InChI=1S/C38H48ClN3O3/c1-26(2)45-36-24-34-29(22-35(36)44-4)23-37(43)42(38(34)28-10-12-30(39)13-11-28)33-18-16-31(17-19-33)40(3)25-27-8-14-32(15-9-27)41-20-6-5-7-21-41/h10-13,16-19,22,24,26-27,32,38H,5-9,14-15,20-21,23,25H2,1-4H3/t27-,32-,38-/m0/s1. The number of fused-ring (bicyclic) bond motifs is 1. The monoisotopic (exact) mass is 629 g/mol. The molecule has 3 aromatic carbocycles. The fourth-order valence-corrected chi connectivity index (χ4v) is 7.79. The molecule has 3 aliphatic rings. The van der Waals surface area contributed by atoms with Crippen LogP contribution in [0.5, 0.6) is 11.5 Å². The minimum Gasteiger partial charge on any atom is -0.493 e. The Bertz CT molecular complexity index is 1440. The molecule has 0 N–H and O–H groups in total. The van der Waals surface area contributed by atoms with Gasteiger partial charge < -0.3 is 24.2 Å². The number of anilines is 2. The van der Waals surface area contributed by atoms with Crippen LogP contribution in [0.15, 0.2) is 60.7 Å². The second-order valence-electron chi connectivity index (χ2n) is 13.4. The molecule has 0 radical (unpaired) electrons. The van der Waals surface area contributed by atoms with Crippen molar-refractivity contribution in [1.82, 2.24) is 4.90 Å². The van der Waals surface area contributed by atoms with E-state index in [1.54, 1.807) is 7.11 Å². The number of ether oxygens (including phenoxy) is 2. The number of carbonyl (C=O) groups excluding carboxylic acids is 1. The van der Waals surface area contributed by atoms with Crippen LogP contribution in [0.4, 0.5) is 11.4 Å². The van der Waals surface area contributed by atoms with Crippen molar-refractivity contribution in [2.75, 3.05) is 43.6 Å². The number of nitrogens with zero attached hydrogens (tertiary/aromatic N) is 3. The molecule has 1 saturated heterocycles. The van der Waals surface area contributed by atoms with Gasteiger partial charge in [-0.3, -0.25) is 4.79 Å². The van der Waals surface area contributed by atoms with Gasteiger partial charge in [0.05, 0.1) is 25.7 Å². The zero-order valence-corrected chi connectivity index (χ0v) is 28.1. The average Bonchev–Trinajstić information content (AvgIpc) is 3.05. The third-order valence-electron chi connectivity index (χ3n) is 9.96. The lowest BCUT2D eigenvalue weighted by atomic mass is 9.84. The first-order valence-electron chi connectivity index (χ1n) is 16.8. The van der Waals surface area contributed by atoms with Crippen molar-refractivity contribution in [1.29, 1.82) is 0 Å². The van der Waals surface area contributed by atoms with Crippen LogP contribution >= 0.6 is 11.6 Å². The summed E-state index contributed by atoms with van der Waals surface area (Å²) in [5.74, 6) is 2.10. The van der Waals surface area contributed by atoms with Crippen LogP contribution in [0, 0.1) is 5.92 Å². The molecule has 2 heterocycles. The summed E-state index contributed by atoms with van der Waals surface area (Å²) in [7, 11) is 3.84. The van der Waals surface area contributed by atoms with Crippen LogP contribution in [-0.2, 0) is 11.2 Å². The molecule has 0 bridgehead atoms. The van der Waals surface area contributed by atoms with E-state index in [1.807, 2.05) is 49.1 Å². The van der Waals surface area contributed by atoms with Gasteiger partial charge in [0.2, 0.25) is 5.91 Å². The van der Waals surface area contributed by atoms with Crippen LogP contribution in [0.25, 0.3) is 0 Å². The van der Waals surface area contributed by atoms with Crippen molar-refractivity contribution in [3.8, 4) is 11.5 Å². The number of carbonyl (C=O) groups is 1. The van der Waals surface area contributed by atoms with Crippen molar-refractivity contribution < 1.29 is 14.3 Å². The zero-order valence-electron chi connectivity index (χ0n) is 27.3. The molecule has 6 nitrogen and oxygen atoms in total. The van der Waals surface area contributed by atoms with E-state index in [4.69, 9.17) is 21.1 Å². The maximum absolute atomic E-state index is 13.9. The van der Waals surface area contributed by atoms with Gasteiger partial charge in [0.15, 0.2) is 11.5 Å². The molecular formula is C38H48ClN3O3. The number of piperidine rings is 1. The second kappa shape index (κ2) is 14.0. The van der Waals surface area contributed by atoms with Gasteiger partial charge >= 0.3 is 0 Å². The van der Waals surface area contributed by atoms with Crippen molar-refractivity contribution in [3.05, 3.63) is 82.4 Å². The van der Waals surface area contributed by atoms with Crippen molar-refractivity contribution in [3.63, 3.8) is 0 Å². The molecule has 0 spiro atoms. The van der Waals surface area contributed by atoms with Gasteiger partial charge in [-0.05, 0) is 137 Å². The van der Waals surface area contributed by atoms with Crippen molar-refractivity contribution >= 4 is 28.9 Å². The third-order valence-corrected chi connectivity index (χ3v) is 10.2. The SMILES string of the molecule is COc1cc2c(cc1OC(C)C)[C@H](c1ccc(Cl)cc1)N(c1ccc(N(C)C[C@H]3CC[C@H](N4CCCCC4)CC3)cc1)C(=O)C2. The molecule has 3 aromatic rings. The molecule has 0 aromatic heterocycles. The van der Waals surface area contributed by atoms with Crippen LogP contribution in [-0.4, -0.2) is 56.7 Å². The minimum atomic E-state index is -0.322. The van der Waals surface area contributed by atoms with E-state index >= 15 is 0 Å². The van der Waals surface area contributed by atoms with Crippen molar-refractivity contribution in [2.45, 2.75) is 83.4 Å². The Morgan fingerprint density at radius 1 is 0.911 bits per heavy atom. The first-order chi connectivity index (χ1) is 21.8. The summed E-state index contributed by atoms with van der Waals surface area (Å²) in [5.41, 5.74) is 5.05. The maximum Gasteiger partial charge on any atom is 0.232 e. The number of hydrogen-bond acceptors (Lipinski definition) is 5. The van der Waals surface area contributed by atoms with Crippen LogP contribution in [0.3, 0.4) is 0 Å².